The van der Waals surface area contributed by atoms with E-state index in [0.29, 0.717) is 16.8 Å². The minimum atomic E-state index is -4.02. The van der Waals surface area contributed by atoms with Crippen LogP contribution in [0.1, 0.15) is 16.7 Å². The number of hydrogen-bond donors (Lipinski definition) is 2. The van der Waals surface area contributed by atoms with Crippen LogP contribution in [0.5, 0.6) is 11.6 Å². The SMILES string of the molecule is Cc1ccc(CS(=O)(=O)Nc2c(C)cc(Oc3ncccc3-c3ccnc(N)n3)c(F)c2F)cc1. The normalized spacial score (nSPS) is 11.3. The highest BCUT2D eigenvalue weighted by atomic mass is 32.2. The molecule has 180 valence electrons. The minimum absolute atomic E-state index is 0.0210. The fourth-order valence-corrected chi connectivity index (χ4v) is 4.58. The number of nitrogens with one attached hydrogen (secondary N) is 1. The molecular formula is C24H21F2N5O3S. The predicted molar refractivity (Wildman–Crippen MR) is 128 cm³/mol. The molecule has 2 heterocycles. The predicted octanol–water partition coefficient (Wildman–Crippen LogP) is 4.75. The standard InChI is InChI=1S/C24H21F2N5O3S/c1-14-5-7-16(8-6-14)13-35(32,33)31-22-15(2)12-19(20(25)21(22)26)34-23-17(4-3-10-28-23)18-9-11-29-24(27)30-18/h3-12,31H,13H2,1-2H3,(H2,27,29,30). The van der Waals surface area contributed by atoms with E-state index in [4.69, 9.17) is 10.5 Å². The van der Waals surface area contributed by atoms with E-state index in [1.807, 2.05) is 6.92 Å². The lowest BCUT2D eigenvalue weighted by atomic mass is 10.1. The van der Waals surface area contributed by atoms with Gasteiger partial charge in [-0.2, -0.15) is 4.39 Å². The second-order valence-corrected chi connectivity index (χ2v) is 9.52. The fraction of sp³-hybridized carbons (Fsp3) is 0.125. The van der Waals surface area contributed by atoms with Crippen molar-refractivity contribution in [2.75, 3.05) is 10.5 Å². The molecule has 35 heavy (non-hydrogen) atoms. The Kier molecular flexibility index (Phi) is 6.61. The molecule has 0 spiro atoms. The second kappa shape index (κ2) is 9.63. The van der Waals surface area contributed by atoms with Crippen LogP contribution in [0.15, 0.2) is 60.9 Å². The van der Waals surface area contributed by atoms with Gasteiger partial charge in [0.15, 0.2) is 11.6 Å². The first-order chi connectivity index (χ1) is 16.6. The van der Waals surface area contributed by atoms with E-state index in [2.05, 4.69) is 19.7 Å². The lowest BCUT2D eigenvalue weighted by molar-refractivity contribution is 0.407. The number of aryl methyl sites for hydroxylation is 2. The Labute approximate surface area is 200 Å². The first-order valence-corrected chi connectivity index (χ1v) is 12.0. The van der Waals surface area contributed by atoms with E-state index in [0.717, 1.165) is 5.56 Å². The molecule has 0 bridgehead atoms. The topological polar surface area (TPSA) is 120 Å². The highest BCUT2D eigenvalue weighted by Gasteiger charge is 2.23. The molecule has 0 atom stereocenters. The molecule has 0 aliphatic carbocycles. The number of ether oxygens (including phenoxy) is 1. The van der Waals surface area contributed by atoms with Gasteiger partial charge in [0.2, 0.25) is 27.7 Å². The van der Waals surface area contributed by atoms with Crippen molar-refractivity contribution < 1.29 is 21.9 Å². The van der Waals surface area contributed by atoms with Gasteiger partial charge in [-0.3, -0.25) is 4.72 Å². The Bertz CT molecular complexity index is 1500. The van der Waals surface area contributed by atoms with E-state index in [-0.39, 0.29) is 17.4 Å². The number of benzene rings is 2. The van der Waals surface area contributed by atoms with E-state index in [1.165, 1.54) is 25.4 Å². The third-order valence-corrected chi connectivity index (χ3v) is 6.26. The van der Waals surface area contributed by atoms with Crippen LogP contribution in [0, 0.1) is 25.5 Å². The third-order valence-electron chi connectivity index (χ3n) is 5.03. The molecule has 2 aromatic heterocycles. The molecule has 0 unspecified atom stereocenters. The number of nitrogens with two attached hydrogens (primary N) is 1. The van der Waals surface area contributed by atoms with E-state index in [1.54, 1.807) is 42.5 Å². The smallest absolute Gasteiger partial charge is 0.237 e. The number of pyridine rings is 1. The zero-order valence-corrected chi connectivity index (χ0v) is 19.6. The van der Waals surface area contributed by atoms with Crippen molar-refractivity contribution >= 4 is 21.7 Å². The van der Waals surface area contributed by atoms with Crippen LogP contribution >= 0.6 is 0 Å². The zero-order chi connectivity index (χ0) is 25.2. The van der Waals surface area contributed by atoms with E-state index < -0.39 is 38.8 Å². The Morgan fingerprint density at radius 1 is 1.00 bits per heavy atom. The van der Waals surface area contributed by atoms with Crippen LogP contribution in [-0.2, 0) is 15.8 Å². The van der Waals surface area contributed by atoms with Gasteiger partial charge >= 0.3 is 0 Å². The Morgan fingerprint density at radius 3 is 2.46 bits per heavy atom. The number of anilines is 2. The van der Waals surface area contributed by atoms with Gasteiger partial charge < -0.3 is 10.5 Å². The molecule has 0 radical (unpaired) electrons. The van der Waals surface area contributed by atoms with Gasteiger partial charge in [-0.25, -0.2) is 27.8 Å². The summed E-state index contributed by atoms with van der Waals surface area (Å²) in [5, 5.41) is 0. The Hall–Kier alpha value is -4.12. The highest BCUT2D eigenvalue weighted by Crippen LogP contribution is 2.36. The summed E-state index contributed by atoms with van der Waals surface area (Å²) >= 11 is 0. The van der Waals surface area contributed by atoms with Crippen LogP contribution in [-0.4, -0.2) is 23.4 Å². The van der Waals surface area contributed by atoms with Crippen molar-refractivity contribution in [1.29, 1.82) is 0 Å². The van der Waals surface area contributed by atoms with Gasteiger partial charge in [-0.15, -0.1) is 0 Å². The number of nitrogens with zero attached hydrogens (tertiary/aromatic N) is 3. The van der Waals surface area contributed by atoms with Crippen molar-refractivity contribution in [1.82, 2.24) is 15.0 Å². The van der Waals surface area contributed by atoms with Crippen LogP contribution in [0.2, 0.25) is 0 Å². The molecule has 4 aromatic rings. The summed E-state index contributed by atoms with van der Waals surface area (Å²) in [7, 11) is -4.02. The average molecular weight is 498 g/mol. The molecule has 0 fully saturated rings. The molecule has 8 nitrogen and oxygen atoms in total. The Morgan fingerprint density at radius 2 is 1.74 bits per heavy atom. The molecule has 0 amide bonds. The third kappa shape index (κ3) is 5.52. The fourth-order valence-electron chi connectivity index (χ4n) is 3.31. The summed E-state index contributed by atoms with van der Waals surface area (Å²) in [6.45, 7) is 3.31. The molecule has 2 aromatic carbocycles. The van der Waals surface area contributed by atoms with Gasteiger partial charge in [0.05, 0.1) is 22.7 Å². The van der Waals surface area contributed by atoms with Crippen molar-refractivity contribution in [3.8, 4) is 22.9 Å². The highest BCUT2D eigenvalue weighted by molar-refractivity contribution is 7.91. The first kappa shape index (κ1) is 24.0. The van der Waals surface area contributed by atoms with E-state index in [9.17, 15) is 17.2 Å². The van der Waals surface area contributed by atoms with Crippen LogP contribution in [0.4, 0.5) is 20.4 Å². The summed E-state index contributed by atoms with van der Waals surface area (Å²) in [4.78, 5) is 12.0. The summed E-state index contributed by atoms with van der Waals surface area (Å²) < 4.78 is 62.9. The summed E-state index contributed by atoms with van der Waals surface area (Å²) in [5.74, 6) is -3.66. The zero-order valence-electron chi connectivity index (χ0n) is 18.8. The number of hydrogen-bond acceptors (Lipinski definition) is 7. The van der Waals surface area contributed by atoms with Crippen molar-refractivity contribution in [2.45, 2.75) is 19.6 Å². The molecule has 4 rings (SSSR count). The Balaban J connectivity index is 1.63. The summed E-state index contributed by atoms with van der Waals surface area (Å²) in [6, 6.07) is 12.8. The number of halogens is 2. The number of aromatic nitrogens is 3. The van der Waals surface area contributed by atoms with Gasteiger partial charge in [0.1, 0.15) is 0 Å². The largest absolute Gasteiger partial charge is 0.435 e. The van der Waals surface area contributed by atoms with E-state index >= 15 is 0 Å². The molecule has 11 heteroatoms. The number of rotatable bonds is 7. The monoisotopic (exact) mass is 497 g/mol. The van der Waals surface area contributed by atoms with Crippen LogP contribution in [0.25, 0.3) is 11.3 Å². The van der Waals surface area contributed by atoms with Crippen molar-refractivity contribution in [3.05, 3.63) is 89.2 Å². The average Bonchev–Trinajstić information content (AvgIpc) is 2.82. The maximum absolute atomic E-state index is 15.0. The van der Waals surface area contributed by atoms with Gasteiger partial charge in [-0.05, 0) is 49.2 Å². The summed E-state index contributed by atoms with van der Waals surface area (Å²) in [5.41, 5.74) is 7.49. The molecule has 3 N–H and O–H groups in total. The number of nitrogen functional groups attached to an aromatic ring is 1. The van der Waals surface area contributed by atoms with Crippen LogP contribution in [0.3, 0.4) is 0 Å². The van der Waals surface area contributed by atoms with Crippen molar-refractivity contribution in [3.63, 3.8) is 0 Å². The molecular weight excluding hydrogens is 476 g/mol. The molecule has 0 aliphatic heterocycles. The van der Waals surface area contributed by atoms with Gasteiger partial charge in [0.25, 0.3) is 0 Å². The lowest BCUT2D eigenvalue weighted by Crippen LogP contribution is -2.17. The quantitative estimate of drug-likeness (QED) is 0.378. The number of sulfonamides is 1. The maximum Gasteiger partial charge on any atom is 0.237 e. The van der Waals surface area contributed by atoms with Gasteiger partial charge in [-0.1, -0.05) is 29.8 Å². The lowest BCUT2D eigenvalue weighted by Gasteiger charge is -2.15. The van der Waals surface area contributed by atoms with Crippen molar-refractivity contribution in [2.24, 2.45) is 0 Å². The molecule has 0 saturated heterocycles. The maximum atomic E-state index is 15.0. The molecule has 0 saturated carbocycles. The minimum Gasteiger partial charge on any atom is -0.435 e. The molecule has 0 aliphatic rings. The summed E-state index contributed by atoms with van der Waals surface area (Å²) in [6.07, 6.45) is 2.86. The second-order valence-electron chi connectivity index (χ2n) is 7.80. The van der Waals surface area contributed by atoms with Gasteiger partial charge in [0, 0.05) is 12.4 Å². The van der Waals surface area contributed by atoms with Crippen LogP contribution < -0.4 is 15.2 Å². The first-order valence-electron chi connectivity index (χ1n) is 10.4.